The van der Waals surface area contributed by atoms with Crippen LogP contribution in [0.5, 0.6) is 5.75 Å². The highest BCUT2D eigenvalue weighted by molar-refractivity contribution is 5.89. The first-order chi connectivity index (χ1) is 16.0. The third-order valence-corrected chi connectivity index (χ3v) is 7.33. The van der Waals surface area contributed by atoms with Crippen LogP contribution in [0.3, 0.4) is 0 Å². The van der Waals surface area contributed by atoms with Gasteiger partial charge in [0.25, 0.3) is 0 Å². The molecule has 2 saturated carbocycles. The van der Waals surface area contributed by atoms with E-state index in [0.29, 0.717) is 5.92 Å². The van der Waals surface area contributed by atoms with Gasteiger partial charge in [0.05, 0.1) is 29.3 Å². The predicted octanol–water partition coefficient (Wildman–Crippen LogP) is 5.43. The minimum absolute atomic E-state index is 0.0215. The van der Waals surface area contributed by atoms with Crippen molar-refractivity contribution in [2.24, 2.45) is 5.92 Å². The zero-order valence-electron chi connectivity index (χ0n) is 19.4. The molecule has 2 N–H and O–H groups in total. The molecule has 1 atom stereocenters. The van der Waals surface area contributed by atoms with Crippen molar-refractivity contribution >= 4 is 11.9 Å². The zero-order chi connectivity index (χ0) is 23.3. The van der Waals surface area contributed by atoms with Gasteiger partial charge in [0.2, 0.25) is 5.91 Å². The number of rotatable bonds is 8. The average Bonchev–Trinajstić information content (AvgIpc) is 3.35. The molecule has 1 heterocycles. The van der Waals surface area contributed by atoms with Crippen molar-refractivity contribution < 1.29 is 19.4 Å². The number of carbonyl (C=O) groups is 2. The van der Waals surface area contributed by atoms with Gasteiger partial charge >= 0.3 is 5.97 Å². The highest BCUT2D eigenvalue weighted by atomic mass is 16.5. The number of carbonyl (C=O) groups excluding carboxylic acids is 1. The minimum Gasteiger partial charge on any atom is -0.493 e. The Balaban J connectivity index is 1.47. The van der Waals surface area contributed by atoms with Crippen molar-refractivity contribution in [2.45, 2.75) is 76.2 Å². The monoisotopic (exact) mass is 450 g/mol. The van der Waals surface area contributed by atoms with Crippen molar-refractivity contribution in [3.63, 3.8) is 0 Å². The molecule has 2 fully saturated rings. The minimum atomic E-state index is -0.959. The molecule has 2 aliphatic carbocycles. The molecular weight excluding hydrogens is 416 g/mol. The number of aromatic carboxylic acids is 1. The van der Waals surface area contributed by atoms with Gasteiger partial charge in [-0.1, -0.05) is 44.2 Å². The van der Waals surface area contributed by atoms with Crippen LogP contribution in [0.1, 0.15) is 92.4 Å². The molecule has 2 aromatic rings. The Morgan fingerprint density at radius 2 is 1.79 bits per heavy atom. The van der Waals surface area contributed by atoms with Gasteiger partial charge in [-0.2, -0.15) is 0 Å². The van der Waals surface area contributed by atoms with Gasteiger partial charge < -0.3 is 15.2 Å². The number of nitrogens with one attached hydrogen (secondary N) is 1. The van der Waals surface area contributed by atoms with E-state index >= 15 is 0 Å². The number of amides is 1. The van der Waals surface area contributed by atoms with Gasteiger partial charge in [-0.05, 0) is 62.3 Å². The van der Waals surface area contributed by atoms with Crippen LogP contribution in [0.25, 0.3) is 0 Å². The van der Waals surface area contributed by atoms with Crippen LogP contribution >= 0.6 is 0 Å². The maximum Gasteiger partial charge on any atom is 0.335 e. The zero-order valence-corrected chi connectivity index (χ0v) is 19.4. The van der Waals surface area contributed by atoms with Crippen LogP contribution in [0.4, 0.5) is 0 Å². The number of hydrogen-bond acceptors (Lipinski definition) is 4. The summed E-state index contributed by atoms with van der Waals surface area (Å²) in [5, 5.41) is 12.3. The Labute approximate surface area is 195 Å². The summed E-state index contributed by atoms with van der Waals surface area (Å²) < 4.78 is 6.13. The SMILES string of the molecule is CC(NC(=O)C1(c2cc(OCC3CCCCC3)ccn2)CCCC1)c1ccc(C(=O)O)cc1. The number of carboxylic acid groups (broad SMARTS) is 1. The van der Waals surface area contributed by atoms with E-state index in [4.69, 9.17) is 9.84 Å². The van der Waals surface area contributed by atoms with E-state index in [-0.39, 0.29) is 17.5 Å². The van der Waals surface area contributed by atoms with E-state index in [1.807, 2.05) is 19.1 Å². The van der Waals surface area contributed by atoms with Gasteiger partial charge in [-0.3, -0.25) is 9.78 Å². The highest BCUT2D eigenvalue weighted by Gasteiger charge is 2.44. The molecule has 1 amide bonds. The smallest absolute Gasteiger partial charge is 0.335 e. The van der Waals surface area contributed by atoms with Crippen molar-refractivity contribution in [1.29, 1.82) is 0 Å². The molecule has 0 spiro atoms. The van der Waals surface area contributed by atoms with Gasteiger partial charge in [-0.25, -0.2) is 4.79 Å². The third-order valence-electron chi connectivity index (χ3n) is 7.33. The van der Waals surface area contributed by atoms with Gasteiger partial charge in [0, 0.05) is 12.3 Å². The molecule has 176 valence electrons. The second kappa shape index (κ2) is 10.4. The van der Waals surface area contributed by atoms with Crippen molar-refractivity contribution in [2.75, 3.05) is 6.61 Å². The number of pyridine rings is 1. The number of nitrogens with zero attached hydrogens (tertiary/aromatic N) is 1. The normalized spacial score (nSPS) is 19.1. The van der Waals surface area contributed by atoms with Crippen LogP contribution in [0.2, 0.25) is 0 Å². The first-order valence-electron chi connectivity index (χ1n) is 12.2. The maximum absolute atomic E-state index is 13.6. The molecule has 1 aromatic carbocycles. The maximum atomic E-state index is 13.6. The van der Waals surface area contributed by atoms with Crippen molar-refractivity contribution in [3.8, 4) is 5.75 Å². The third kappa shape index (κ3) is 5.37. The fourth-order valence-corrected chi connectivity index (χ4v) is 5.24. The number of hydrogen-bond donors (Lipinski definition) is 2. The van der Waals surface area contributed by atoms with Gasteiger partial charge in [0.1, 0.15) is 5.75 Å². The summed E-state index contributed by atoms with van der Waals surface area (Å²) in [6.45, 7) is 2.65. The Morgan fingerprint density at radius 3 is 2.45 bits per heavy atom. The number of ether oxygens (including phenoxy) is 1. The molecule has 0 bridgehead atoms. The fraction of sp³-hybridized carbons (Fsp3) is 0.519. The van der Waals surface area contributed by atoms with Crippen LogP contribution in [-0.2, 0) is 10.2 Å². The summed E-state index contributed by atoms with van der Waals surface area (Å²) in [5.74, 6) is 0.431. The lowest BCUT2D eigenvalue weighted by Gasteiger charge is -2.29. The molecule has 1 unspecified atom stereocenters. The lowest BCUT2D eigenvalue weighted by atomic mass is 9.80. The molecule has 0 saturated heterocycles. The second-order valence-corrected chi connectivity index (χ2v) is 9.60. The van der Waals surface area contributed by atoms with Crippen molar-refractivity contribution in [1.82, 2.24) is 10.3 Å². The predicted molar refractivity (Wildman–Crippen MR) is 126 cm³/mol. The molecule has 6 heteroatoms. The molecule has 1 aromatic heterocycles. The summed E-state index contributed by atoms with van der Waals surface area (Å²) >= 11 is 0. The first-order valence-corrected chi connectivity index (χ1v) is 12.2. The molecule has 6 nitrogen and oxygen atoms in total. The van der Waals surface area contributed by atoms with Crippen LogP contribution in [-0.4, -0.2) is 28.6 Å². The van der Waals surface area contributed by atoms with Gasteiger partial charge in [-0.15, -0.1) is 0 Å². The second-order valence-electron chi connectivity index (χ2n) is 9.60. The number of carboxylic acids is 1. The van der Waals surface area contributed by atoms with Crippen molar-refractivity contribution in [3.05, 3.63) is 59.4 Å². The topological polar surface area (TPSA) is 88.5 Å². The summed E-state index contributed by atoms with van der Waals surface area (Å²) in [7, 11) is 0. The molecule has 2 aliphatic rings. The van der Waals surface area contributed by atoms with E-state index < -0.39 is 11.4 Å². The molecular formula is C27H34N2O4. The number of benzene rings is 1. The first kappa shape index (κ1) is 23.3. The van der Waals surface area contributed by atoms with Crippen LogP contribution in [0.15, 0.2) is 42.6 Å². The Morgan fingerprint density at radius 1 is 1.09 bits per heavy atom. The fourth-order valence-electron chi connectivity index (χ4n) is 5.24. The standard InChI is InChI=1S/C27H34N2O4/c1-19(21-9-11-22(12-10-21)25(30)31)29-26(32)27(14-5-6-15-27)24-17-23(13-16-28-24)33-18-20-7-3-2-4-8-20/h9-13,16-17,19-20H,2-8,14-15,18H2,1H3,(H,29,32)(H,30,31). The summed E-state index contributed by atoms with van der Waals surface area (Å²) in [6, 6.07) is 10.3. The quantitative estimate of drug-likeness (QED) is 0.560. The van der Waals surface area contributed by atoms with Crippen LogP contribution in [0, 0.1) is 5.92 Å². The molecule has 0 radical (unpaired) electrons. The lowest BCUT2D eigenvalue weighted by molar-refractivity contribution is -0.127. The van der Waals surface area contributed by atoms with E-state index in [1.54, 1.807) is 30.5 Å². The molecule has 33 heavy (non-hydrogen) atoms. The summed E-state index contributed by atoms with van der Waals surface area (Å²) in [5.41, 5.74) is 1.24. The largest absolute Gasteiger partial charge is 0.493 e. The number of aromatic nitrogens is 1. The van der Waals surface area contributed by atoms with E-state index in [1.165, 1.54) is 32.1 Å². The van der Waals surface area contributed by atoms with E-state index in [9.17, 15) is 9.59 Å². The molecule has 4 rings (SSSR count). The Bertz CT molecular complexity index is 960. The Kier molecular flexibility index (Phi) is 7.31. The van der Waals surface area contributed by atoms with Crippen LogP contribution < -0.4 is 10.1 Å². The Hall–Kier alpha value is -2.89. The van der Waals surface area contributed by atoms with E-state index in [0.717, 1.165) is 49.3 Å². The molecule has 0 aliphatic heterocycles. The summed E-state index contributed by atoms with van der Waals surface area (Å²) in [4.78, 5) is 29.3. The highest BCUT2D eigenvalue weighted by Crippen LogP contribution is 2.42. The van der Waals surface area contributed by atoms with Gasteiger partial charge in [0.15, 0.2) is 0 Å². The summed E-state index contributed by atoms with van der Waals surface area (Å²) in [6.07, 6.45) is 11.6. The average molecular weight is 451 g/mol. The lowest BCUT2D eigenvalue weighted by Crippen LogP contribution is -2.44. The van der Waals surface area contributed by atoms with E-state index in [2.05, 4.69) is 10.3 Å².